The lowest BCUT2D eigenvalue weighted by Gasteiger charge is -2.20. The summed E-state index contributed by atoms with van der Waals surface area (Å²) >= 11 is 0. The normalized spacial score (nSPS) is 15.9. The van der Waals surface area contributed by atoms with Gasteiger partial charge in [-0.05, 0) is 48.6 Å². The van der Waals surface area contributed by atoms with Crippen molar-refractivity contribution in [3.63, 3.8) is 0 Å². The standard InChI is InChI=1S/C24H25FN6O2.ClH/c1-24(2,3)23-29-21(30-33-23)22(32)28-17-8-5-4-7-15-14(17)10-11-16(19(15)25)20-18-9-6-12-31(18)27-13-26-20;/h6,9-13,17H,4-5,7-8H2,1-3H3,(H,28,32);1H/t17-;/m1./s1. The van der Waals surface area contributed by atoms with Crippen LogP contribution in [0.4, 0.5) is 4.39 Å². The molecule has 8 nitrogen and oxygen atoms in total. The first kappa shape index (κ1) is 23.8. The molecule has 1 amide bonds. The quantitative estimate of drug-likeness (QED) is 0.418. The monoisotopic (exact) mass is 484 g/mol. The first-order valence-electron chi connectivity index (χ1n) is 11.1. The molecular weight excluding hydrogens is 459 g/mol. The molecule has 1 atom stereocenters. The molecule has 1 N–H and O–H groups in total. The Bertz CT molecular complexity index is 1340. The van der Waals surface area contributed by atoms with E-state index in [9.17, 15) is 4.79 Å². The Morgan fingerprint density at radius 3 is 2.82 bits per heavy atom. The van der Waals surface area contributed by atoms with Gasteiger partial charge < -0.3 is 9.84 Å². The second-order valence-electron chi connectivity index (χ2n) is 9.39. The lowest BCUT2D eigenvalue weighted by Crippen LogP contribution is -2.30. The SMILES string of the molecule is CC(C)(C)c1nc(C(=O)N[C@@H]2CCCCc3c2ccc(-c2ncnn4cccc24)c3F)no1.Cl. The fourth-order valence-corrected chi connectivity index (χ4v) is 4.27. The minimum atomic E-state index is -0.428. The number of benzene rings is 1. The second-order valence-corrected chi connectivity index (χ2v) is 9.39. The van der Waals surface area contributed by atoms with E-state index in [2.05, 4.69) is 25.5 Å². The molecule has 10 heteroatoms. The Kier molecular flexibility index (Phi) is 6.40. The molecule has 1 aromatic carbocycles. The van der Waals surface area contributed by atoms with Crippen LogP contribution in [0, 0.1) is 5.82 Å². The van der Waals surface area contributed by atoms with Crippen LogP contribution in [0.5, 0.6) is 0 Å². The van der Waals surface area contributed by atoms with Crippen molar-refractivity contribution in [3.05, 3.63) is 65.4 Å². The number of aromatic nitrogens is 5. The predicted octanol–water partition coefficient (Wildman–Crippen LogP) is 4.84. The van der Waals surface area contributed by atoms with Crippen LogP contribution in [0.2, 0.25) is 0 Å². The molecule has 178 valence electrons. The lowest BCUT2D eigenvalue weighted by atomic mass is 9.94. The number of nitrogens with zero attached hydrogens (tertiary/aromatic N) is 5. The van der Waals surface area contributed by atoms with Gasteiger partial charge in [-0.3, -0.25) is 4.79 Å². The summed E-state index contributed by atoms with van der Waals surface area (Å²) in [7, 11) is 0. The van der Waals surface area contributed by atoms with Crippen molar-refractivity contribution < 1.29 is 13.7 Å². The van der Waals surface area contributed by atoms with Gasteiger partial charge in [0.05, 0.1) is 11.6 Å². The number of carbonyl (C=O) groups excluding carboxylic acids is 1. The third-order valence-electron chi connectivity index (χ3n) is 5.99. The number of fused-ring (bicyclic) bond motifs is 2. The molecule has 34 heavy (non-hydrogen) atoms. The van der Waals surface area contributed by atoms with Crippen LogP contribution in [-0.4, -0.2) is 30.6 Å². The number of hydrogen-bond donors (Lipinski definition) is 1. The maximum absolute atomic E-state index is 15.8. The van der Waals surface area contributed by atoms with E-state index < -0.39 is 5.91 Å². The van der Waals surface area contributed by atoms with Gasteiger partial charge in [-0.2, -0.15) is 10.1 Å². The van der Waals surface area contributed by atoms with E-state index in [-0.39, 0.29) is 35.5 Å². The maximum Gasteiger partial charge on any atom is 0.293 e. The van der Waals surface area contributed by atoms with E-state index in [1.165, 1.54) is 6.33 Å². The zero-order chi connectivity index (χ0) is 23.2. The van der Waals surface area contributed by atoms with E-state index >= 15 is 4.39 Å². The zero-order valence-corrected chi connectivity index (χ0v) is 20.0. The Balaban J connectivity index is 0.00000274. The Hall–Kier alpha value is -3.33. The second kappa shape index (κ2) is 9.13. The Morgan fingerprint density at radius 2 is 2.06 bits per heavy atom. The van der Waals surface area contributed by atoms with E-state index in [1.807, 2.05) is 39.0 Å². The average molecular weight is 485 g/mol. The molecule has 0 bridgehead atoms. The molecule has 0 unspecified atom stereocenters. The molecule has 1 aliphatic carbocycles. The zero-order valence-electron chi connectivity index (χ0n) is 19.2. The van der Waals surface area contributed by atoms with Gasteiger partial charge in [0.25, 0.3) is 11.7 Å². The highest BCUT2D eigenvalue weighted by Gasteiger charge is 2.28. The van der Waals surface area contributed by atoms with Gasteiger partial charge in [0, 0.05) is 17.2 Å². The van der Waals surface area contributed by atoms with Crippen LogP contribution in [-0.2, 0) is 11.8 Å². The van der Waals surface area contributed by atoms with Crippen molar-refractivity contribution in [3.8, 4) is 11.3 Å². The molecule has 0 saturated heterocycles. The van der Waals surface area contributed by atoms with E-state index in [0.29, 0.717) is 35.6 Å². The summed E-state index contributed by atoms with van der Waals surface area (Å²) in [6.45, 7) is 5.80. The van der Waals surface area contributed by atoms with Crippen molar-refractivity contribution in [2.45, 2.75) is 57.9 Å². The van der Waals surface area contributed by atoms with Crippen LogP contribution in [0.1, 0.15) is 73.7 Å². The van der Waals surface area contributed by atoms with Crippen molar-refractivity contribution >= 4 is 23.8 Å². The highest BCUT2D eigenvalue weighted by Crippen LogP contribution is 2.35. The largest absolute Gasteiger partial charge is 0.342 e. The van der Waals surface area contributed by atoms with E-state index in [4.69, 9.17) is 4.52 Å². The van der Waals surface area contributed by atoms with Gasteiger partial charge in [-0.25, -0.2) is 13.9 Å². The summed E-state index contributed by atoms with van der Waals surface area (Å²) in [6.07, 6.45) is 6.23. The molecule has 5 rings (SSSR count). The minimum absolute atomic E-state index is 0. The molecular formula is C24H26ClFN6O2. The molecule has 3 aromatic heterocycles. The number of hydrogen-bond acceptors (Lipinski definition) is 6. The van der Waals surface area contributed by atoms with Crippen LogP contribution in [0.15, 0.2) is 41.3 Å². The first-order valence-corrected chi connectivity index (χ1v) is 11.1. The smallest absolute Gasteiger partial charge is 0.293 e. The van der Waals surface area contributed by atoms with E-state index in [0.717, 1.165) is 23.9 Å². The average Bonchev–Trinajstić information content (AvgIpc) is 3.42. The van der Waals surface area contributed by atoms with Gasteiger partial charge in [-0.15, -0.1) is 12.4 Å². The number of amides is 1. The van der Waals surface area contributed by atoms with Crippen molar-refractivity contribution in [2.24, 2.45) is 0 Å². The van der Waals surface area contributed by atoms with Crippen LogP contribution >= 0.6 is 12.4 Å². The summed E-state index contributed by atoms with van der Waals surface area (Å²) in [5.41, 5.74) is 2.75. The Morgan fingerprint density at radius 1 is 1.24 bits per heavy atom. The molecule has 3 heterocycles. The summed E-state index contributed by atoms with van der Waals surface area (Å²) in [5, 5.41) is 11.0. The van der Waals surface area contributed by atoms with Crippen LogP contribution in [0.25, 0.3) is 16.8 Å². The molecule has 4 aromatic rings. The van der Waals surface area contributed by atoms with E-state index in [1.54, 1.807) is 16.8 Å². The molecule has 0 saturated carbocycles. The first-order chi connectivity index (χ1) is 15.8. The van der Waals surface area contributed by atoms with Gasteiger partial charge in [0.15, 0.2) is 0 Å². The van der Waals surface area contributed by atoms with Crippen LogP contribution < -0.4 is 5.32 Å². The number of halogens is 2. The molecule has 1 aliphatic rings. The van der Waals surface area contributed by atoms with Crippen molar-refractivity contribution in [1.82, 2.24) is 30.1 Å². The molecule has 0 radical (unpaired) electrons. The molecule has 0 fully saturated rings. The number of nitrogens with one attached hydrogen (secondary N) is 1. The predicted molar refractivity (Wildman–Crippen MR) is 126 cm³/mol. The minimum Gasteiger partial charge on any atom is -0.342 e. The van der Waals surface area contributed by atoms with Crippen LogP contribution in [0.3, 0.4) is 0 Å². The molecule has 0 aliphatic heterocycles. The Labute approximate surface area is 202 Å². The summed E-state index contributed by atoms with van der Waals surface area (Å²) in [6, 6.07) is 7.00. The lowest BCUT2D eigenvalue weighted by molar-refractivity contribution is 0.0921. The van der Waals surface area contributed by atoms with Gasteiger partial charge in [-0.1, -0.05) is 38.4 Å². The fraction of sp³-hybridized carbons (Fsp3) is 0.375. The molecule has 0 spiro atoms. The third kappa shape index (κ3) is 4.27. The van der Waals surface area contributed by atoms with Gasteiger partial charge in [0.1, 0.15) is 17.8 Å². The summed E-state index contributed by atoms with van der Waals surface area (Å²) in [5.74, 6) is -0.349. The third-order valence-corrected chi connectivity index (χ3v) is 5.99. The highest BCUT2D eigenvalue weighted by molar-refractivity contribution is 5.90. The highest BCUT2D eigenvalue weighted by atomic mass is 35.5. The van der Waals surface area contributed by atoms with Gasteiger partial charge in [0.2, 0.25) is 5.89 Å². The van der Waals surface area contributed by atoms with Gasteiger partial charge >= 0.3 is 0 Å². The fourth-order valence-electron chi connectivity index (χ4n) is 4.27. The van der Waals surface area contributed by atoms with Crippen molar-refractivity contribution in [2.75, 3.05) is 0 Å². The topological polar surface area (TPSA) is 98.2 Å². The maximum atomic E-state index is 15.8. The summed E-state index contributed by atoms with van der Waals surface area (Å²) in [4.78, 5) is 21.4. The number of rotatable bonds is 3. The number of carbonyl (C=O) groups is 1. The van der Waals surface area contributed by atoms with Crippen molar-refractivity contribution in [1.29, 1.82) is 0 Å². The summed E-state index contributed by atoms with van der Waals surface area (Å²) < 4.78 is 22.7.